The van der Waals surface area contributed by atoms with Gasteiger partial charge in [0, 0.05) is 16.7 Å². The summed E-state index contributed by atoms with van der Waals surface area (Å²) in [5, 5.41) is 10.4. The molecule has 1 amide bonds. The summed E-state index contributed by atoms with van der Waals surface area (Å²) in [5.74, 6) is 0.922. The van der Waals surface area contributed by atoms with Crippen molar-refractivity contribution < 1.29 is 9.21 Å². The smallest absolute Gasteiger partial charge is 0.231 e. The van der Waals surface area contributed by atoms with Crippen molar-refractivity contribution in [1.82, 2.24) is 15.2 Å². The zero-order chi connectivity index (χ0) is 24.5. The molecule has 0 fully saturated rings. The number of fused-ring (bicyclic) bond motifs is 1. The molecule has 2 heterocycles. The molecule has 0 spiro atoms. The second-order valence-corrected chi connectivity index (χ2v) is 10.0. The zero-order valence-electron chi connectivity index (χ0n) is 21.0. The van der Waals surface area contributed by atoms with Gasteiger partial charge in [0.25, 0.3) is 0 Å². The van der Waals surface area contributed by atoms with Gasteiger partial charge in [-0.3, -0.25) is 9.89 Å². The Morgan fingerprint density at radius 3 is 2.56 bits per heavy atom. The van der Waals surface area contributed by atoms with Gasteiger partial charge in [0.1, 0.15) is 5.52 Å². The fourth-order valence-corrected chi connectivity index (χ4v) is 4.14. The number of carbonyl (C=O) groups is 1. The van der Waals surface area contributed by atoms with Gasteiger partial charge in [0.15, 0.2) is 5.58 Å². The molecule has 34 heavy (non-hydrogen) atoms. The van der Waals surface area contributed by atoms with Crippen molar-refractivity contribution in [3.05, 3.63) is 53.7 Å². The van der Waals surface area contributed by atoms with Crippen molar-refractivity contribution in [2.75, 3.05) is 5.32 Å². The maximum Gasteiger partial charge on any atom is 0.231 e. The molecule has 0 aliphatic rings. The van der Waals surface area contributed by atoms with Crippen molar-refractivity contribution >= 4 is 22.7 Å². The molecule has 0 bridgehead atoms. The van der Waals surface area contributed by atoms with Crippen LogP contribution in [0.3, 0.4) is 0 Å². The average molecular weight is 459 g/mol. The number of amides is 1. The predicted octanol–water partition coefficient (Wildman–Crippen LogP) is 7.47. The highest BCUT2D eigenvalue weighted by molar-refractivity contribution is 5.95. The number of rotatable bonds is 8. The molecule has 4 aromatic rings. The third kappa shape index (κ3) is 4.63. The van der Waals surface area contributed by atoms with Crippen LogP contribution in [0.4, 0.5) is 5.69 Å². The normalized spacial score (nSPS) is 12.0. The van der Waals surface area contributed by atoms with Crippen LogP contribution in [0, 0.1) is 12.3 Å². The molecule has 0 unspecified atom stereocenters. The summed E-state index contributed by atoms with van der Waals surface area (Å²) in [5.41, 5.74) is 6.91. The first kappa shape index (κ1) is 23.7. The van der Waals surface area contributed by atoms with Crippen LogP contribution >= 0.6 is 0 Å². The van der Waals surface area contributed by atoms with Crippen LogP contribution < -0.4 is 5.32 Å². The first-order chi connectivity index (χ1) is 16.2. The summed E-state index contributed by atoms with van der Waals surface area (Å²) in [7, 11) is 0. The molecule has 0 atom stereocenters. The molecule has 4 rings (SSSR count). The standard InChI is InChI=1S/C28H34N4O2/c1-7-8-15-28(5,6)27(33)30-20-12-10-19(11-13-20)24-22(16-29-32-24)26-31-23-18(4)9-14-21(17(2)3)25(23)34-26/h9-14,16-17H,7-8,15H2,1-6H3,(H,29,32)(H,30,33). The van der Waals surface area contributed by atoms with Gasteiger partial charge in [0.2, 0.25) is 11.8 Å². The molecular weight excluding hydrogens is 424 g/mol. The second kappa shape index (κ2) is 9.45. The molecule has 2 aromatic heterocycles. The number of benzene rings is 2. The Labute approximate surface area is 201 Å². The van der Waals surface area contributed by atoms with Crippen molar-refractivity contribution in [2.24, 2.45) is 5.41 Å². The number of aromatic nitrogens is 3. The second-order valence-electron chi connectivity index (χ2n) is 10.0. The van der Waals surface area contributed by atoms with E-state index < -0.39 is 5.41 Å². The van der Waals surface area contributed by atoms with Gasteiger partial charge < -0.3 is 9.73 Å². The molecule has 0 saturated heterocycles. The van der Waals surface area contributed by atoms with E-state index in [4.69, 9.17) is 9.40 Å². The molecule has 0 radical (unpaired) electrons. The van der Waals surface area contributed by atoms with Crippen LogP contribution in [0.1, 0.15) is 70.9 Å². The lowest BCUT2D eigenvalue weighted by Gasteiger charge is -2.23. The van der Waals surface area contributed by atoms with E-state index in [0.29, 0.717) is 11.8 Å². The lowest BCUT2D eigenvalue weighted by atomic mass is 9.86. The Balaban J connectivity index is 1.61. The molecule has 6 nitrogen and oxygen atoms in total. The van der Waals surface area contributed by atoms with Gasteiger partial charge in [-0.05, 0) is 42.5 Å². The monoisotopic (exact) mass is 458 g/mol. The summed E-state index contributed by atoms with van der Waals surface area (Å²) >= 11 is 0. The number of aryl methyl sites for hydroxylation is 1. The molecular formula is C28H34N4O2. The zero-order valence-corrected chi connectivity index (χ0v) is 21.0. The molecule has 6 heteroatoms. The van der Waals surface area contributed by atoms with Gasteiger partial charge in [-0.15, -0.1) is 0 Å². The predicted molar refractivity (Wildman–Crippen MR) is 138 cm³/mol. The quantitative estimate of drug-likeness (QED) is 0.287. The lowest BCUT2D eigenvalue weighted by Crippen LogP contribution is -2.30. The number of H-pyrrole nitrogens is 1. The summed E-state index contributed by atoms with van der Waals surface area (Å²) in [6, 6.07) is 12.0. The van der Waals surface area contributed by atoms with E-state index in [-0.39, 0.29) is 5.91 Å². The molecule has 178 valence electrons. The van der Waals surface area contributed by atoms with E-state index >= 15 is 0 Å². The largest absolute Gasteiger partial charge is 0.436 e. The van der Waals surface area contributed by atoms with Crippen LogP contribution in [-0.2, 0) is 4.79 Å². The van der Waals surface area contributed by atoms with Crippen LogP contribution in [0.25, 0.3) is 33.8 Å². The van der Waals surface area contributed by atoms with Gasteiger partial charge in [0.05, 0.1) is 17.5 Å². The van der Waals surface area contributed by atoms with E-state index in [1.54, 1.807) is 6.20 Å². The Kier molecular flexibility index (Phi) is 6.60. The van der Waals surface area contributed by atoms with Crippen molar-refractivity contribution in [1.29, 1.82) is 0 Å². The highest BCUT2D eigenvalue weighted by atomic mass is 16.3. The van der Waals surface area contributed by atoms with E-state index in [1.165, 1.54) is 0 Å². The van der Waals surface area contributed by atoms with Crippen LogP contribution in [-0.4, -0.2) is 21.1 Å². The van der Waals surface area contributed by atoms with E-state index in [9.17, 15) is 4.79 Å². The SMILES string of the molecule is CCCCC(C)(C)C(=O)Nc1ccc(-c2[nH]ncc2-c2nc3c(C)ccc(C(C)C)c3o2)cc1. The van der Waals surface area contributed by atoms with Crippen molar-refractivity contribution in [2.45, 2.75) is 66.7 Å². The van der Waals surface area contributed by atoms with Crippen molar-refractivity contribution in [3.63, 3.8) is 0 Å². The maximum absolute atomic E-state index is 12.7. The van der Waals surface area contributed by atoms with Crippen molar-refractivity contribution in [3.8, 4) is 22.7 Å². The summed E-state index contributed by atoms with van der Waals surface area (Å²) < 4.78 is 6.27. The Bertz CT molecular complexity index is 1300. The Morgan fingerprint density at radius 1 is 1.15 bits per heavy atom. The minimum absolute atomic E-state index is 0.0405. The molecule has 2 N–H and O–H groups in total. The van der Waals surface area contributed by atoms with E-state index in [1.807, 2.05) is 45.0 Å². The number of carbonyl (C=O) groups excluding carboxylic acids is 1. The maximum atomic E-state index is 12.7. The van der Waals surface area contributed by atoms with Gasteiger partial charge in [-0.2, -0.15) is 5.10 Å². The van der Waals surface area contributed by atoms with Crippen LogP contribution in [0.2, 0.25) is 0 Å². The number of nitrogens with one attached hydrogen (secondary N) is 2. The van der Waals surface area contributed by atoms with E-state index in [2.05, 4.69) is 48.4 Å². The highest BCUT2D eigenvalue weighted by Gasteiger charge is 2.27. The lowest BCUT2D eigenvalue weighted by molar-refractivity contribution is -0.124. The molecule has 2 aromatic carbocycles. The Morgan fingerprint density at radius 2 is 1.88 bits per heavy atom. The fraction of sp³-hybridized carbons (Fsp3) is 0.393. The minimum atomic E-state index is -0.398. The average Bonchev–Trinajstić information content (AvgIpc) is 3.46. The summed E-state index contributed by atoms with van der Waals surface area (Å²) in [6.45, 7) is 12.5. The van der Waals surface area contributed by atoms with E-state index in [0.717, 1.165) is 64.0 Å². The number of nitrogens with zero attached hydrogens (tertiary/aromatic N) is 2. The molecule has 0 aliphatic heterocycles. The molecule has 0 aliphatic carbocycles. The third-order valence-corrected chi connectivity index (χ3v) is 6.47. The third-order valence-electron chi connectivity index (χ3n) is 6.47. The summed E-state index contributed by atoms with van der Waals surface area (Å²) in [4.78, 5) is 17.5. The number of hydrogen-bond acceptors (Lipinski definition) is 4. The summed E-state index contributed by atoms with van der Waals surface area (Å²) in [6.07, 6.45) is 4.73. The topological polar surface area (TPSA) is 83.8 Å². The number of aromatic amines is 1. The van der Waals surface area contributed by atoms with Gasteiger partial charge in [-0.25, -0.2) is 4.98 Å². The Hall–Kier alpha value is -3.41. The fourth-order valence-electron chi connectivity index (χ4n) is 4.14. The van der Waals surface area contributed by atoms with Crippen LogP contribution in [0.5, 0.6) is 0 Å². The number of unbranched alkanes of at least 4 members (excludes halogenated alkanes) is 1. The number of anilines is 1. The number of hydrogen-bond donors (Lipinski definition) is 2. The van der Waals surface area contributed by atoms with Crippen LogP contribution in [0.15, 0.2) is 47.0 Å². The first-order valence-electron chi connectivity index (χ1n) is 12.1. The first-order valence-corrected chi connectivity index (χ1v) is 12.1. The number of oxazole rings is 1. The molecule has 0 saturated carbocycles. The van der Waals surface area contributed by atoms with Gasteiger partial charge >= 0.3 is 0 Å². The minimum Gasteiger partial charge on any atom is -0.436 e. The highest BCUT2D eigenvalue weighted by Crippen LogP contribution is 2.36. The van der Waals surface area contributed by atoms with Gasteiger partial charge in [-0.1, -0.05) is 71.7 Å².